The Morgan fingerprint density at radius 3 is 2.75 bits per heavy atom. The molecule has 85 valence electrons. The van der Waals surface area contributed by atoms with E-state index in [4.69, 9.17) is 0 Å². The van der Waals surface area contributed by atoms with Crippen LogP contribution < -0.4 is 5.32 Å². The van der Waals surface area contributed by atoms with Gasteiger partial charge in [-0.05, 0) is 24.0 Å². The van der Waals surface area contributed by atoms with E-state index in [0.717, 1.165) is 11.8 Å². The van der Waals surface area contributed by atoms with Crippen molar-refractivity contribution < 1.29 is 32.7 Å². The molecule has 16 heavy (non-hydrogen) atoms. The van der Waals surface area contributed by atoms with Crippen molar-refractivity contribution in [3.8, 4) is 0 Å². The molecule has 1 aliphatic carbocycles. The van der Waals surface area contributed by atoms with Crippen LogP contribution in [0.4, 0.5) is 5.69 Å². The van der Waals surface area contributed by atoms with Gasteiger partial charge in [-0.2, -0.15) is 0 Å². The fourth-order valence-corrected chi connectivity index (χ4v) is 2.89. The molecule has 0 bridgehead atoms. The summed E-state index contributed by atoms with van der Waals surface area (Å²) < 4.78 is 0. The van der Waals surface area contributed by atoms with Crippen LogP contribution in [0.25, 0.3) is 0 Å². The maximum absolute atomic E-state index is 3.44. The van der Waals surface area contributed by atoms with Gasteiger partial charge >= 0.3 is 0 Å². The molecule has 1 nitrogen and oxygen atoms in total. The molecule has 1 saturated carbocycles. The van der Waals surface area contributed by atoms with E-state index in [1.165, 1.54) is 31.4 Å². The molecule has 1 radical (unpaired) electrons. The molecular formula is C13H17NSY-2. The van der Waals surface area contributed by atoms with Gasteiger partial charge in [0.2, 0.25) is 0 Å². The van der Waals surface area contributed by atoms with E-state index in [1.54, 1.807) is 5.56 Å². The Balaban J connectivity index is 0.000000640. The number of para-hydroxylation sites is 1. The third kappa shape index (κ3) is 2.65. The van der Waals surface area contributed by atoms with Gasteiger partial charge in [-0.3, -0.25) is 0 Å². The number of fused-ring (bicyclic) bond motifs is 3. The summed E-state index contributed by atoms with van der Waals surface area (Å²) >= 11 is 0. The van der Waals surface area contributed by atoms with Crippen LogP contribution in [0, 0.1) is 12.5 Å². The summed E-state index contributed by atoms with van der Waals surface area (Å²) in [5, 5.41) is 3.44. The fourth-order valence-electron chi connectivity index (χ4n) is 2.89. The van der Waals surface area contributed by atoms with Crippen LogP contribution >= 0.6 is 0 Å². The van der Waals surface area contributed by atoms with Crippen LogP contribution in [-0.2, 0) is 46.2 Å². The minimum absolute atomic E-state index is 0. The summed E-state index contributed by atoms with van der Waals surface area (Å²) in [7, 11) is 0. The van der Waals surface area contributed by atoms with E-state index in [9.17, 15) is 0 Å². The van der Waals surface area contributed by atoms with Crippen LogP contribution in [0.2, 0.25) is 0 Å². The zero-order valence-corrected chi connectivity index (χ0v) is 13.1. The van der Waals surface area contributed by atoms with Gasteiger partial charge in [-0.25, -0.2) is 6.54 Å². The average molecular weight is 308 g/mol. The van der Waals surface area contributed by atoms with E-state index in [-0.39, 0.29) is 46.2 Å². The predicted octanol–water partition coefficient (Wildman–Crippen LogP) is 3.28. The van der Waals surface area contributed by atoms with Crippen LogP contribution in [0.1, 0.15) is 37.2 Å². The minimum atomic E-state index is 0. The molecule has 1 fully saturated rings. The Hall–Kier alpha value is 0.474. The SMILES string of the molecule is [SH-].[Y].c1ccc2c(c1)N[CH-]C1CCCCC21. The van der Waals surface area contributed by atoms with Crippen molar-refractivity contribution in [3.05, 3.63) is 36.4 Å². The van der Waals surface area contributed by atoms with E-state index in [2.05, 4.69) is 36.1 Å². The summed E-state index contributed by atoms with van der Waals surface area (Å²) in [4.78, 5) is 0. The van der Waals surface area contributed by atoms with Crippen LogP contribution in [-0.4, -0.2) is 0 Å². The molecule has 1 aromatic carbocycles. The van der Waals surface area contributed by atoms with Crippen molar-refractivity contribution in [2.75, 3.05) is 5.32 Å². The smallest absolute Gasteiger partial charge is 0.00810 e. The zero-order chi connectivity index (χ0) is 9.38. The van der Waals surface area contributed by atoms with E-state index in [0.29, 0.717) is 0 Å². The second-order valence-electron chi connectivity index (χ2n) is 4.45. The number of nitrogens with one attached hydrogen (secondary N) is 1. The number of anilines is 1. The molecule has 2 aliphatic rings. The molecule has 0 aromatic heterocycles. The summed E-state index contributed by atoms with van der Waals surface area (Å²) in [6.07, 6.45) is 5.55. The van der Waals surface area contributed by atoms with E-state index < -0.39 is 0 Å². The number of benzene rings is 1. The van der Waals surface area contributed by atoms with Crippen molar-refractivity contribution in [3.63, 3.8) is 0 Å². The van der Waals surface area contributed by atoms with Gasteiger partial charge in [0.25, 0.3) is 0 Å². The first-order valence-corrected chi connectivity index (χ1v) is 5.64. The standard InChI is InChI=1S/C13H16N.H2S.Y/c1-2-6-11-10(5-1)9-14-13-8-4-3-7-12(11)13;;/h3-4,7-11,14H,1-2,5-6H2;1H2;/q-1;;/p-1. The van der Waals surface area contributed by atoms with Gasteiger partial charge in [0.1, 0.15) is 0 Å². The summed E-state index contributed by atoms with van der Waals surface area (Å²) in [5.41, 5.74) is 2.87. The molecular weight excluding hydrogens is 291 g/mol. The second-order valence-corrected chi connectivity index (χ2v) is 4.45. The van der Waals surface area contributed by atoms with Crippen molar-refractivity contribution in [1.29, 1.82) is 0 Å². The molecule has 0 spiro atoms. The summed E-state index contributed by atoms with van der Waals surface area (Å²) in [6.45, 7) is 2.31. The molecule has 1 aliphatic heterocycles. The molecule has 3 heteroatoms. The quantitative estimate of drug-likeness (QED) is 0.448. The Labute approximate surface area is 130 Å². The van der Waals surface area contributed by atoms with Gasteiger partial charge in [0, 0.05) is 38.4 Å². The Morgan fingerprint density at radius 1 is 1.12 bits per heavy atom. The van der Waals surface area contributed by atoms with Crippen LogP contribution in [0.15, 0.2) is 24.3 Å². The zero-order valence-electron chi connectivity index (χ0n) is 9.39. The number of hydrogen-bond donors (Lipinski definition) is 1. The molecule has 0 amide bonds. The van der Waals surface area contributed by atoms with Crippen LogP contribution in [0.5, 0.6) is 0 Å². The third-order valence-corrected chi connectivity index (χ3v) is 3.63. The van der Waals surface area contributed by atoms with Crippen molar-refractivity contribution >= 4 is 19.2 Å². The first-order valence-electron chi connectivity index (χ1n) is 5.64. The molecule has 1 heterocycles. The van der Waals surface area contributed by atoms with Crippen molar-refractivity contribution in [2.24, 2.45) is 5.92 Å². The maximum atomic E-state index is 3.44. The largest absolute Gasteiger partial charge is 0.813 e. The topological polar surface area (TPSA) is 12.0 Å². The number of thiol groups is 1. The molecule has 2 unspecified atom stereocenters. The van der Waals surface area contributed by atoms with Crippen LogP contribution in [0.3, 0.4) is 0 Å². The van der Waals surface area contributed by atoms with Crippen molar-refractivity contribution in [1.82, 2.24) is 0 Å². The summed E-state index contributed by atoms with van der Waals surface area (Å²) in [6, 6.07) is 8.76. The van der Waals surface area contributed by atoms with Gasteiger partial charge in [0.05, 0.1) is 0 Å². The van der Waals surface area contributed by atoms with Gasteiger partial charge in [-0.15, -0.1) is 5.92 Å². The average Bonchev–Trinajstić information content (AvgIpc) is 2.29. The van der Waals surface area contributed by atoms with E-state index in [1.807, 2.05) is 0 Å². The molecule has 3 rings (SSSR count). The summed E-state index contributed by atoms with van der Waals surface area (Å²) in [5.74, 6) is 1.57. The van der Waals surface area contributed by atoms with Gasteiger partial charge in [-0.1, -0.05) is 37.5 Å². The van der Waals surface area contributed by atoms with Gasteiger partial charge < -0.3 is 18.8 Å². The normalized spacial score (nSPS) is 26.2. The number of rotatable bonds is 0. The molecule has 1 N–H and O–H groups in total. The van der Waals surface area contributed by atoms with Gasteiger partial charge in [0.15, 0.2) is 0 Å². The molecule has 1 aromatic rings. The minimum Gasteiger partial charge on any atom is -0.813 e. The van der Waals surface area contributed by atoms with E-state index >= 15 is 0 Å². The molecule has 0 saturated heterocycles. The maximum Gasteiger partial charge on any atom is 0.00810 e. The first-order chi connectivity index (χ1) is 6.95. The fraction of sp³-hybridized carbons (Fsp3) is 0.462. The number of hydrogen-bond acceptors (Lipinski definition) is 2. The predicted molar refractivity (Wildman–Crippen MR) is 67.8 cm³/mol. The second kappa shape index (κ2) is 6.42. The monoisotopic (exact) mass is 308 g/mol. The Kier molecular flexibility index (Phi) is 5.83. The third-order valence-electron chi connectivity index (χ3n) is 3.63. The van der Waals surface area contributed by atoms with Crippen molar-refractivity contribution in [2.45, 2.75) is 31.6 Å². The Bertz CT molecular complexity index is 342. The molecule has 2 atom stereocenters. The first kappa shape index (κ1) is 14.5. The Morgan fingerprint density at radius 2 is 1.88 bits per heavy atom.